The average molecular weight is 614 g/mol. The Morgan fingerprint density at radius 2 is 2.07 bits per heavy atom. The topological polar surface area (TPSA) is 13.1 Å². The monoisotopic (exact) mass is 614 g/mol. The second kappa shape index (κ2) is 6.91. The van der Waals surface area contributed by atoms with Gasteiger partial charge in [0.1, 0.15) is 0 Å². The molecule has 0 bridgehead atoms. The third-order valence-corrected chi connectivity index (χ3v) is 5.15. The summed E-state index contributed by atoms with van der Waals surface area (Å²) in [7, 11) is 2.05. The van der Waals surface area contributed by atoms with Crippen LogP contribution < -0.4 is 0 Å². The summed E-state index contributed by atoms with van der Waals surface area (Å²) in [5.74, 6) is 0. The molecule has 0 unspecified atom stereocenters. The summed E-state index contributed by atoms with van der Waals surface area (Å²) < 4.78 is 7.79. The summed E-state index contributed by atoms with van der Waals surface area (Å²) in [5, 5.41) is 0. The molecular formula is C9H15I2N3Pt. The molecule has 0 spiro atoms. The maximum Gasteiger partial charge on any atom is 0.0311 e. The summed E-state index contributed by atoms with van der Waals surface area (Å²) in [6, 6.07) is 0.909. The molecule has 15 heavy (non-hydrogen) atoms. The van der Waals surface area contributed by atoms with Crippen LogP contribution in [-0.2, 0) is 32.9 Å². The van der Waals surface area contributed by atoms with Gasteiger partial charge in [-0.25, -0.2) is 0 Å². The minimum Gasteiger partial charge on any atom is -0.185 e. The van der Waals surface area contributed by atoms with Gasteiger partial charge in [0.25, 0.3) is 0 Å². The molecule has 90 valence electrons. The van der Waals surface area contributed by atoms with Gasteiger partial charge in [0.2, 0.25) is 0 Å². The normalized spacial score (nSPS) is 15.1. The smallest absolute Gasteiger partial charge is 0.0311 e. The Hall–Kier alpha value is 1.32. The van der Waals surface area contributed by atoms with Crippen molar-refractivity contribution >= 4 is 45.7 Å². The molecule has 0 amide bonds. The first-order valence-electron chi connectivity index (χ1n) is 4.84. The van der Waals surface area contributed by atoms with Gasteiger partial charge in [-0.15, -0.1) is 0 Å². The van der Waals surface area contributed by atoms with E-state index in [2.05, 4.69) is 102 Å². The van der Waals surface area contributed by atoms with Crippen molar-refractivity contribution in [3.63, 3.8) is 0 Å². The van der Waals surface area contributed by atoms with Crippen LogP contribution in [-0.4, -0.2) is 16.5 Å². The Labute approximate surface area is 130 Å². The zero-order valence-corrected chi connectivity index (χ0v) is 15.4. The molecular weight excluding hydrogens is 599 g/mol. The predicted octanol–water partition coefficient (Wildman–Crippen LogP) is 3.08. The van der Waals surface area contributed by atoms with Crippen LogP contribution in [0.15, 0.2) is 12.4 Å². The van der Waals surface area contributed by atoms with Crippen molar-refractivity contribution in [2.45, 2.75) is 32.4 Å². The van der Waals surface area contributed by atoms with Gasteiger partial charge >= 0.3 is 65.2 Å². The van der Waals surface area contributed by atoms with Gasteiger partial charge in [-0.3, -0.25) is 0 Å². The van der Waals surface area contributed by atoms with Gasteiger partial charge in [-0.05, 0) is 12.8 Å². The second-order valence-corrected chi connectivity index (χ2v) is 8.37. The van der Waals surface area contributed by atoms with Gasteiger partial charge < -0.3 is 0 Å². The maximum absolute atomic E-state index is 2.31. The molecule has 0 atom stereocenters. The van der Waals surface area contributed by atoms with Crippen LogP contribution in [0.3, 0.4) is 0 Å². The minimum absolute atomic E-state index is 0.909. The van der Waals surface area contributed by atoms with Crippen LogP contribution >= 0.6 is 45.7 Å². The van der Waals surface area contributed by atoms with Crippen LogP contribution in [0.5, 0.6) is 0 Å². The first-order valence-corrected chi connectivity index (χ1v) is 7.90. The molecule has 1 aromatic heterocycles. The quantitative estimate of drug-likeness (QED) is 0.369. The van der Waals surface area contributed by atoms with Crippen molar-refractivity contribution in [2.24, 2.45) is 7.05 Å². The van der Waals surface area contributed by atoms with Crippen molar-refractivity contribution in [1.29, 1.82) is 0 Å². The molecule has 6 heteroatoms. The Balaban J connectivity index is 0.000000162. The zero-order chi connectivity index (χ0) is 11.4. The van der Waals surface area contributed by atoms with E-state index in [1.165, 1.54) is 16.6 Å². The minimum atomic E-state index is 0.909. The molecule has 1 aliphatic rings. The number of aryl methyl sites for hydroxylation is 2. The number of halogens is 2. The first kappa shape index (κ1) is 14.4. The molecule has 1 aliphatic carbocycles. The SMILES string of the molecule is CCn1ccn(C)[c]1=[Pt].IN(I)C1CC1. The fourth-order valence-electron chi connectivity index (χ4n) is 0.993. The second-order valence-electron chi connectivity index (χ2n) is 3.43. The van der Waals surface area contributed by atoms with Crippen molar-refractivity contribution in [1.82, 2.24) is 10.5 Å². The predicted molar refractivity (Wildman–Crippen MR) is 75.2 cm³/mol. The number of rotatable bonds is 2. The van der Waals surface area contributed by atoms with E-state index in [0.717, 1.165) is 12.6 Å². The van der Waals surface area contributed by atoms with Gasteiger partial charge in [0.05, 0.1) is 0 Å². The molecule has 0 aliphatic heterocycles. The third kappa shape index (κ3) is 5.00. The largest absolute Gasteiger partial charge is 0.185 e. The number of aromatic nitrogens is 2. The molecule has 0 saturated heterocycles. The average Bonchev–Trinajstić information content (AvgIpc) is 2.98. The molecule has 0 radical (unpaired) electrons. The fourth-order valence-corrected chi connectivity index (χ4v) is 2.80. The van der Waals surface area contributed by atoms with E-state index >= 15 is 0 Å². The number of hydrogen-bond acceptors (Lipinski definition) is 1. The molecule has 0 N–H and O–H groups in total. The summed E-state index contributed by atoms with van der Waals surface area (Å²) in [5.41, 5.74) is 0. The van der Waals surface area contributed by atoms with Crippen LogP contribution in [0.2, 0.25) is 0 Å². The summed E-state index contributed by atoms with van der Waals surface area (Å²) in [6.07, 6.45) is 6.96. The van der Waals surface area contributed by atoms with Crippen molar-refractivity contribution in [3.05, 3.63) is 16.2 Å². The van der Waals surface area contributed by atoms with Crippen LogP contribution in [0.4, 0.5) is 0 Å². The molecule has 1 fully saturated rings. The maximum atomic E-state index is 2.31. The molecule has 3 nitrogen and oxygen atoms in total. The molecule has 0 aromatic carbocycles. The first-order chi connectivity index (χ1) is 7.06. The Morgan fingerprint density at radius 3 is 2.20 bits per heavy atom. The summed E-state index contributed by atoms with van der Waals surface area (Å²) in [6.45, 7) is 3.20. The van der Waals surface area contributed by atoms with E-state index in [4.69, 9.17) is 0 Å². The van der Waals surface area contributed by atoms with E-state index < -0.39 is 0 Å². The van der Waals surface area contributed by atoms with Gasteiger partial charge in [0, 0.05) is 51.8 Å². The fraction of sp³-hybridized carbons (Fsp3) is 0.667. The molecule has 1 saturated carbocycles. The van der Waals surface area contributed by atoms with Crippen molar-refractivity contribution in [3.8, 4) is 0 Å². The van der Waals surface area contributed by atoms with E-state index in [1.807, 2.05) is 0 Å². The number of nitrogens with zero attached hydrogens (tertiary/aromatic N) is 3. The van der Waals surface area contributed by atoms with Gasteiger partial charge in [0.15, 0.2) is 0 Å². The Morgan fingerprint density at radius 1 is 1.47 bits per heavy atom. The zero-order valence-electron chi connectivity index (χ0n) is 8.77. The van der Waals surface area contributed by atoms with Crippen LogP contribution in [0.1, 0.15) is 19.8 Å². The summed E-state index contributed by atoms with van der Waals surface area (Å²) in [4.78, 5) is 0. The van der Waals surface area contributed by atoms with E-state index in [-0.39, 0.29) is 0 Å². The standard InChI is InChI=1S/C6H10N2.C3H5I2N.Pt/c1-3-8-5-4-7(2)6-8;4-6(5)3-1-2-3;/h4-5H,3H2,1-2H3;3H,1-2H2;. The van der Waals surface area contributed by atoms with Crippen molar-refractivity contribution in [2.75, 3.05) is 0 Å². The van der Waals surface area contributed by atoms with Gasteiger partial charge in [-0.2, -0.15) is 1.33 Å². The Kier molecular flexibility index (Phi) is 6.62. The number of hydrogen-bond donors (Lipinski definition) is 0. The van der Waals surface area contributed by atoms with E-state index in [1.54, 1.807) is 0 Å². The molecule has 1 aromatic rings. The van der Waals surface area contributed by atoms with Crippen LogP contribution in [0.25, 0.3) is 0 Å². The van der Waals surface area contributed by atoms with Crippen molar-refractivity contribution < 1.29 is 19.4 Å². The molecule has 1 heterocycles. The van der Waals surface area contributed by atoms with E-state index in [0.29, 0.717) is 0 Å². The van der Waals surface area contributed by atoms with Gasteiger partial charge in [-0.1, -0.05) is 0 Å². The third-order valence-electron chi connectivity index (χ3n) is 2.12. The van der Waals surface area contributed by atoms with E-state index in [9.17, 15) is 0 Å². The van der Waals surface area contributed by atoms with Crippen LogP contribution in [0, 0.1) is 3.80 Å². The Bertz CT molecular complexity index is 354. The number of imidazole rings is 1. The molecule has 2 rings (SSSR count). The summed E-state index contributed by atoms with van der Waals surface area (Å²) >= 11 is 6.94.